The number of hydrogen-bond acceptors (Lipinski definition) is 3. The highest BCUT2D eigenvalue weighted by Crippen LogP contribution is 2.31. The van der Waals surface area contributed by atoms with Crippen molar-refractivity contribution >= 4 is 0 Å². The van der Waals surface area contributed by atoms with Crippen molar-refractivity contribution in [2.24, 2.45) is 0 Å². The number of rotatable bonds is 7. The lowest BCUT2D eigenvalue weighted by Gasteiger charge is -2.26. The van der Waals surface area contributed by atoms with Gasteiger partial charge < -0.3 is 14.4 Å². The zero-order valence-corrected chi connectivity index (χ0v) is 14.5. The minimum Gasteiger partial charge on any atom is -0.497 e. The van der Waals surface area contributed by atoms with Crippen molar-refractivity contribution in [2.45, 2.75) is 25.7 Å². The Kier molecular flexibility index (Phi) is 6.13. The monoisotopic (exact) mass is 325 g/mol. The standard InChI is InChI=1S/C21H27NO2/c1-23-19-12-10-18(11-13-19)20-8-3-4-9-21(20)24-17-7-16-22-14-5-2-6-15-22/h3-4,8-13H,2,5-7,14-17H2,1H3. The predicted molar refractivity (Wildman–Crippen MR) is 98.8 cm³/mol. The second kappa shape index (κ2) is 8.74. The molecule has 1 saturated heterocycles. The maximum Gasteiger partial charge on any atom is 0.127 e. The Bertz CT molecular complexity index is 618. The van der Waals surface area contributed by atoms with Gasteiger partial charge in [-0.1, -0.05) is 36.8 Å². The van der Waals surface area contributed by atoms with Crippen molar-refractivity contribution in [3.63, 3.8) is 0 Å². The number of methoxy groups -OCH3 is 1. The molecule has 1 aliphatic rings. The van der Waals surface area contributed by atoms with Crippen molar-refractivity contribution in [1.82, 2.24) is 4.90 Å². The lowest BCUT2D eigenvalue weighted by Crippen LogP contribution is -2.31. The minimum atomic E-state index is 0.768. The quantitative estimate of drug-likeness (QED) is 0.694. The summed E-state index contributed by atoms with van der Waals surface area (Å²) in [5.74, 6) is 1.83. The van der Waals surface area contributed by atoms with Crippen LogP contribution in [-0.4, -0.2) is 38.3 Å². The summed E-state index contributed by atoms with van der Waals surface area (Å²) in [6, 6.07) is 16.4. The number of para-hydroxylation sites is 1. The summed E-state index contributed by atoms with van der Waals surface area (Å²) in [6.07, 6.45) is 5.17. The van der Waals surface area contributed by atoms with Crippen LogP contribution in [0.3, 0.4) is 0 Å². The van der Waals surface area contributed by atoms with Crippen LogP contribution in [0.1, 0.15) is 25.7 Å². The smallest absolute Gasteiger partial charge is 0.127 e. The van der Waals surface area contributed by atoms with Crippen LogP contribution in [0.2, 0.25) is 0 Å². The van der Waals surface area contributed by atoms with E-state index in [4.69, 9.17) is 9.47 Å². The number of hydrogen-bond donors (Lipinski definition) is 0. The normalized spacial score (nSPS) is 15.2. The highest BCUT2D eigenvalue weighted by Gasteiger charge is 2.10. The van der Waals surface area contributed by atoms with Gasteiger partial charge in [-0.15, -0.1) is 0 Å². The van der Waals surface area contributed by atoms with Gasteiger partial charge in [-0.05, 0) is 56.1 Å². The minimum absolute atomic E-state index is 0.768. The Balaban J connectivity index is 1.57. The van der Waals surface area contributed by atoms with E-state index in [9.17, 15) is 0 Å². The van der Waals surface area contributed by atoms with Crippen LogP contribution in [0.25, 0.3) is 11.1 Å². The van der Waals surface area contributed by atoms with Gasteiger partial charge in [0.15, 0.2) is 0 Å². The molecule has 0 amide bonds. The maximum atomic E-state index is 6.08. The topological polar surface area (TPSA) is 21.7 Å². The molecule has 0 aromatic heterocycles. The van der Waals surface area contributed by atoms with E-state index in [2.05, 4.69) is 35.2 Å². The first kappa shape index (κ1) is 16.8. The molecule has 128 valence electrons. The number of piperidine rings is 1. The highest BCUT2D eigenvalue weighted by molar-refractivity contribution is 5.70. The molecular formula is C21H27NO2. The number of likely N-dealkylation sites (tertiary alicyclic amines) is 1. The summed E-state index contributed by atoms with van der Waals surface area (Å²) in [7, 11) is 1.69. The Labute approximate surface area is 145 Å². The first-order valence-electron chi connectivity index (χ1n) is 8.95. The maximum absolute atomic E-state index is 6.08. The van der Waals surface area contributed by atoms with E-state index in [0.717, 1.165) is 42.2 Å². The van der Waals surface area contributed by atoms with Crippen LogP contribution in [-0.2, 0) is 0 Å². The lowest BCUT2D eigenvalue weighted by molar-refractivity contribution is 0.205. The fraction of sp³-hybridized carbons (Fsp3) is 0.429. The second-order valence-corrected chi connectivity index (χ2v) is 6.33. The predicted octanol–water partition coefficient (Wildman–Crippen LogP) is 4.62. The van der Waals surface area contributed by atoms with Gasteiger partial charge in [-0.3, -0.25) is 0 Å². The summed E-state index contributed by atoms with van der Waals surface area (Å²) >= 11 is 0. The third kappa shape index (κ3) is 4.51. The molecule has 0 saturated carbocycles. The fourth-order valence-electron chi connectivity index (χ4n) is 3.25. The van der Waals surface area contributed by atoms with Crippen LogP contribution in [0, 0.1) is 0 Å². The Morgan fingerprint density at radius 3 is 2.42 bits per heavy atom. The second-order valence-electron chi connectivity index (χ2n) is 6.33. The summed E-state index contributed by atoms with van der Waals surface area (Å²) in [4.78, 5) is 2.56. The van der Waals surface area contributed by atoms with E-state index in [1.807, 2.05) is 18.2 Å². The highest BCUT2D eigenvalue weighted by atomic mass is 16.5. The Morgan fingerprint density at radius 2 is 1.67 bits per heavy atom. The molecule has 0 bridgehead atoms. The molecule has 1 heterocycles. The molecule has 0 N–H and O–H groups in total. The van der Waals surface area contributed by atoms with Gasteiger partial charge in [0.25, 0.3) is 0 Å². The fourth-order valence-corrected chi connectivity index (χ4v) is 3.25. The van der Waals surface area contributed by atoms with Crippen molar-refractivity contribution < 1.29 is 9.47 Å². The molecule has 3 heteroatoms. The molecular weight excluding hydrogens is 298 g/mol. The van der Waals surface area contributed by atoms with Crippen LogP contribution >= 0.6 is 0 Å². The average Bonchev–Trinajstić information content (AvgIpc) is 2.66. The number of nitrogens with zero attached hydrogens (tertiary/aromatic N) is 1. The van der Waals surface area contributed by atoms with Crippen molar-refractivity contribution in [3.8, 4) is 22.6 Å². The molecule has 0 aliphatic carbocycles. The summed E-state index contributed by atoms with van der Waals surface area (Å²) in [5.41, 5.74) is 2.29. The van der Waals surface area contributed by atoms with E-state index >= 15 is 0 Å². The van der Waals surface area contributed by atoms with Gasteiger partial charge in [0.2, 0.25) is 0 Å². The van der Waals surface area contributed by atoms with Crippen LogP contribution < -0.4 is 9.47 Å². The van der Waals surface area contributed by atoms with E-state index in [1.165, 1.54) is 32.4 Å². The third-order valence-corrected chi connectivity index (χ3v) is 4.61. The van der Waals surface area contributed by atoms with Crippen molar-refractivity contribution in [3.05, 3.63) is 48.5 Å². The van der Waals surface area contributed by atoms with E-state index < -0.39 is 0 Å². The van der Waals surface area contributed by atoms with Gasteiger partial charge in [0, 0.05) is 12.1 Å². The van der Waals surface area contributed by atoms with E-state index in [0.29, 0.717) is 0 Å². The van der Waals surface area contributed by atoms with Gasteiger partial charge >= 0.3 is 0 Å². The Morgan fingerprint density at radius 1 is 0.917 bits per heavy atom. The molecule has 1 aliphatic heterocycles. The van der Waals surface area contributed by atoms with Crippen LogP contribution in [0.15, 0.2) is 48.5 Å². The molecule has 0 spiro atoms. The lowest BCUT2D eigenvalue weighted by atomic mass is 10.0. The zero-order valence-electron chi connectivity index (χ0n) is 14.5. The molecule has 0 radical (unpaired) electrons. The summed E-state index contributed by atoms with van der Waals surface area (Å²) in [6.45, 7) is 4.42. The number of benzene rings is 2. The Hall–Kier alpha value is -2.00. The third-order valence-electron chi connectivity index (χ3n) is 4.61. The molecule has 1 fully saturated rings. The van der Waals surface area contributed by atoms with Gasteiger partial charge in [-0.25, -0.2) is 0 Å². The van der Waals surface area contributed by atoms with Crippen molar-refractivity contribution in [1.29, 1.82) is 0 Å². The van der Waals surface area contributed by atoms with Gasteiger partial charge in [0.1, 0.15) is 11.5 Å². The molecule has 2 aromatic rings. The van der Waals surface area contributed by atoms with E-state index in [-0.39, 0.29) is 0 Å². The molecule has 24 heavy (non-hydrogen) atoms. The van der Waals surface area contributed by atoms with E-state index in [1.54, 1.807) is 7.11 Å². The van der Waals surface area contributed by atoms with Crippen LogP contribution in [0.5, 0.6) is 11.5 Å². The molecule has 0 unspecified atom stereocenters. The summed E-state index contributed by atoms with van der Waals surface area (Å²) < 4.78 is 11.3. The SMILES string of the molecule is COc1ccc(-c2ccccc2OCCCN2CCCCC2)cc1. The first-order chi connectivity index (χ1) is 11.9. The average molecular weight is 325 g/mol. The summed E-state index contributed by atoms with van der Waals surface area (Å²) in [5, 5.41) is 0. The molecule has 0 atom stereocenters. The molecule has 2 aromatic carbocycles. The molecule has 3 rings (SSSR count). The zero-order chi connectivity index (χ0) is 16.6. The molecule has 3 nitrogen and oxygen atoms in total. The van der Waals surface area contributed by atoms with Gasteiger partial charge in [0.05, 0.1) is 13.7 Å². The largest absolute Gasteiger partial charge is 0.497 e. The number of ether oxygens (including phenoxy) is 2. The van der Waals surface area contributed by atoms with Crippen LogP contribution in [0.4, 0.5) is 0 Å². The van der Waals surface area contributed by atoms with Gasteiger partial charge in [-0.2, -0.15) is 0 Å². The van der Waals surface area contributed by atoms with Crippen molar-refractivity contribution in [2.75, 3.05) is 33.4 Å². The first-order valence-corrected chi connectivity index (χ1v) is 8.95.